The largest absolute Gasteiger partial charge is 0.756 e. The van der Waals surface area contributed by atoms with Crippen LogP contribution in [0.3, 0.4) is 0 Å². The first-order valence-corrected chi connectivity index (χ1v) is 28.3. The number of amides is 1. The zero-order valence-corrected chi connectivity index (χ0v) is 43.8. The van der Waals surface area contributed by atoms with Crippen molar-refractivity contribution in [2.24, 2.45) is 0 Å². The average Bonchev–Trinajstić information content (AvgIpc) is 3.26. The molecular weight excluding hydrogens is 828 g/mol. The van der Waals surface area contributed by atoms with E-state index in [4.69, 9.17) is 9.05 Å². The summed E-state index contributed by atoms with van der Waals surface area (Å²) in [4.78, 5) is 25.3. The van der Waals surface area contributed by atoms with Gasteiger partial charge in [-0.3, -0.25) is 9.36 Å². The van der Waals surface area contributed by atoms with Gasteiger partial charge in [0.25, 0.3) is 7.82 Å². The molecule has 65 heavy (non-hydrogen) atoms. The summed E-state index contributed by atoms with van der Waals surface area (Å²) in [6, 6.07) is -0.886. The van der Waals surface area contributed by atoms with Crippen molar-refractivity contribution in [1.82, 2.24) is 5.32 Å². The molecule has 0 spiro atoms. The van der Waals surface area contributed by atoms with Gasteiger partial charge in [0.2, 0.25) is 5.91 Å². The maximum atomic E-state index is 12.9. The molecular formula is C56H103N2O6P. The van der Waals surface area contributed by atoms with E-state index in [2.05, 4.69) is 79.9 Å². The number of unbranched alkanes of at least 4 members (excludes halogenated alkanes) is 25. The van der Waals surface area contributed by atoms with Crippen molar-refractivity contribution in [1.29, 1.82) is 0 Å². The summed E-state index contributed by atoms with van der Waals surface area (Å²) in [5, 5.41) is 13.8. The van der Waals surface area contributed by atoms with E-state index in [0.29, 0.717) is 17.4 Å². The van der Waals surface area contributed by atoms with Gasteiger partial charge in [0, 0.05) is 6.42 Å². The Morgan fingerprint density at radius 1 is 0.554 bits per heavy atom. The molecule has 8 nitrogen and oxygen atoms in total. The Hall–Kier alpha value is -2.06. The summed E-state index contributed by atoms with van der Waals surface area (Å²) in [6.07, 6.45) is 64.1. The van der Waals surface area contributed by atoms with Crippen molar-refractivity contribution in [3.05, 3.63) is 72.9 Å². The lowest BCUT2D eigenvalue weighted by molar-refractivity contribution is -0.870. The van der Waals surface area contributed by atoms with Gasteiger partial charge in [0.05, 0.1) is 39.9 Å². The number of phosphoric ester groups is 1. The predicted octanol–water partition coefficient (Wildman–Crippen LogP) is 15.3. The quantitative estimate of drug-likeness (QED) is 0.0272. The van der Waals surface area contributed by atoms with Crippen LogP contribution in [-0.2, 0) is 18.4 Å². The van der Waals surface area contributed by atoms with E-state index in [1.807, 2.05) is 27.2 Å². The number of rotatable bonds is 48. The molecule has 3 atom stereocenters. The Morgan fingerprint density at radius 3 is 1.37 bits per heavy atom. The molecule has 0 aromatic heterocycles. The number of allylic oxidation sites excluding steroid dienone is 11. The Labute approximate surface area is 402 Å². The zero-order chi connectivity index (χ0) is 47.8. The second kappa shape index (κ2) is 47.0. The molecule has 0 aliphatic rings. The number of phosphoric acid groups is 1. The number of hydrogen-bond donors (Lipinski definition) is 2. The number of hydrogen-bond acceptors (Lipinski definition) is 6. The Balaban J connectivity index is 4.00. The number of likely N-dealkylation sites (N-methyl/N-ethyl adjacent to an activating group) is 1. The highest BCUT2D eigenvalue weighted by Crippen LogP contribution is 2.38. The van der Waals surface area contributed by atoms with Gasteiger partial charge < -0.3 is 28.8 Å². The monoisotopic (exact) mass is 931 g/mol. The van der Waals surface area contributed by atoms with Crippen LogP contribution in [0.1, 0.15) is 226 Å². The summed E-state index contributed by atoms with van der Waals surface area (Å²) in [5.74, 6) is -0.200. The molecule has 1 amide bonds. The SMILES string of the molecule is CC/C=C\C/C=C\C/C=C\C/C=C\C/C=C\CCCCCCCCCCCCCCCCCCCC(=O)NC(COP(=O)([O-])OCC[N+](C)(C)C)C(O)/C=C/CCCCCCCCCC. The lowest BCUT2D eigenvalue weighted by atomic mass is 10.0. The van der Waals surface area contributed by atoms with Gasteiger partial charge in [-0.1, -0.05) is 228 Å². The van der Waals surface area contributed by atoms with Gasteiger partial charge >= 0.3 is 0 Å². The summed E-state index contributed by atoms with van der Waals surface area (Å²) in [7, 11) is 1.26. The van der Waals surface area contributed by atoms with Crippen LogP contribution in [-0.4, -0.2) is 68.5 Å². The minimum atomic E-state index is -4.59. The van der Waals surface area contributed by atoms with Crippen molar-refractivity contribution in [2.45, 2.75) is 238 Å². The minimum Gasteiger partial charge on any atom is -0.756 e. The minimum absolute atomic E-state index is 0.00233. The van der Waals surface area contributed by atoms with E-state index in [1.165, 1.54) is 135 Å². The fourth-order valence-electron chi connectivity index (χ4n) is 7.47. The summed E-state index contributed by atoms with van der Waals surface area (Å²) in [5.41, 5.74) is 0. The fraction of sp³-hybridized carbons (Fsp3) is 0.768. The summed E-state index contributed by atoms with van der Waals surface area (Å²) in [6.45, 7) is 4.51. The fourth-order valence-corrected chi connectivity index (χ4v) is 8.20. The van der Waals surface area contributed by atoms with E-state index in [9.17, 15) is 19.4 Å². The molecule has 3 unspecified atom stereocenters. The number of quaternary nitrogens is 1. The van der Waals surface area contributed by atoms with Crippen LogP contribution < -0.4 is 10.2 Å². The zero-order valence-electron chi connectivity index (χ0n) is 42.9. The molecule has 378 valence electrons. The molecule has 0 aromatic carbocycles. The van der Waals surface area contributed by atoms with Crippen molar-refractivity contribution < 1.29 is 32.9 Å². The molecule has 0 fully saturated rings. The van der Waals surface area contributed by atoms with Crippen LogP contribution in [0.5, 0.6) is 0 Å². The van der Waals surface area contributed by atoms with Crippen molar-refractivity contribution >= 4 is 13.7 Å². The third-order valence-corrected chi connectivity index (χ3v) is 12.6. The summed E-state index contributed by atoms with van der Waals surface area (Å²) < 4.78 is 23.2. The lowest BCUT2D eigenvalue weighted by Gasteiger charge is -2.29. The van der Waals surface area contributed by atoms with E-state index in [-0.39, 0.29) is 19.1 Å². The van der Waals surface area contributed by atoms with E-state index in [0.717, 1.165) is 70.6 Å². The highest BCUT2D eigenvalue weighted by molar-refractivity contribution is 7.45. The standard InChI is InChI=1S/C56H103N2O6P/c1-6-8-10-12-14-16-18-19-20-21-22-23-24-25-26-27-28-29-30-31-32-33-34-35-36-37-38-39-40-42-44-46-48-50-56(60)57-54(53-64-65(61,62)63-52-51-58(3,4)5)55(59)49-47-45-43-41-17-15-13-11-9-7-2/h8,10,14,16,19-20,22-23,25-26,47,49,54-55,59H,6-7,9,11-13,15,17-18,21,24,27-46,48,50-53H2,1-5H3,(H-,57,60,61,62)/b10-8-,16-14-,20-19-,23-22-,26-25-,49-47+. The lowest BCUT2D eigenvalue weighted by Crippen LogP contribution is -2.45. The Bertz CT molecular complexity index is 1290. The first kappa shape index (κ1) is 62.9. The Kier molecular flexibility index (Phi) is 45.5. The maximum Gasteiger partial charge on any atom is 0.268 e. The molecule has 0 radical (unpaired) electrons. The van der Waals surface area contributed by atoms with Crippen LogP contribution in [0.15, 0.2) is 72.9 Å². The average molecular weight is 931 g/mol. The highest BCUT2D eigenvalue weighted by atomic mass is 31.2. The molecule has 0 saturated carbocycles. The molecule has 0 saturated heterocycles. The van der Waals surface area contributed by atoms with Gasteiger partial charge in [-0.2, -0.15) is 0 Å². The molecule has 0 rings (SSSR count). The first-order chi connectivity index (χ1) is 31.5. The van der Waals surface area contributed by atoms with E-state index < -0.39 is 20.0 Å². The number of carbonyl (C=O) groups excluding carboxylic acids is 1. The number of nitrogens with one attached hydrogen (secondary N) is 1. The number of aliphatic hydroxyl groups excluding tert-OH is 1. The van der Waals surface area contributed by atoms with Gasteiger partial charge in [0.1, 0.15) is 13.2 Å². The van der Waals surface area contributed by atoms with Crippen LogP contribution in [0.2, 0.25) is 0 Å². The second-order valence-electron chi connectivity index (χ2n) is 19.2. The van der Waals surface area contributed by atoms with Crippen molar-refractivity contribution in [3.63, 3.8) is 0 Å². The smallest absolute Gasteiger partial charge is 0.268 e. The maximum absolute atomic E-state index is 12.9. The molecule has 0 aromatic rings. The van der Waals surface area contributed by atoms with Crippen LogP contribution in [0, 0.1) is 0 Å². The first-order valence-electron chi connectivity index (χ1n) is 26.8. The predicted molar refractivity (Wildman–Crippen MR) is 279 cm³/mol. The number of carbonyl (C=O) groups is 1. The van der Waals surface area contributed by atoms with Crippen LogP contribution in [0.25, 0.3) is 0 Å². The number of nitrogens with zero attached hydrogens (tertiary/aromatic N) is 1. The third-order valence-electron chi connectivity index (χ3n) is 11.7. The molecule has 9 heteroatoms. The molecule has 0 heterocycles. The van der Waals surface area contributed by atoms with E-state index in [1.54, 1.807) is 6.08 Å². The van der Waals surface area contributed by atoms with Gasteiger partial charge in [-0.25, -0.2) is 0 Å². The normalized spacial score (nSPS) is 14.6. The van der Waals surface area contributed by atoms with Gasteiger partial charge in [0.15, 0.2) is 0 Å². The third kappa shape index (κ3) is 49.7. The van der Waals surface area contributed by atoms with Gasteiger partial charge in [-0.05, 0) is 64.2 Å². The highest BCUT2D eigenvalue weighted by Gasteiger charge is 2.23. The summed E-state index contributed by atoms with van der Waals surface area (Å²) >= 11 is 0. The van der Waals surface area contributed by atoms with Crippen LogP contribution >= 0.6 is 7.82 Å². The van der Waals surface area contributed by atoms with Crippen molar-refractivity contribution in [3.8, 4) is 0 Å². The molecule has 0 aliphatic carbocycles. The van der Waals surface area contributed by atoms with Crippen LogP contribution in [0.4, 0.5) is 0 Å². The van der Waals surface area contributed by atoms with E-state index >= 15 is 0 Å². The molecule has 2 N–H and O–H groups in total. The molecule has 0 bridgehead atoms. The number of aliphatic hydroxyl groups is 1. The van der Waals surface area contributed by atoms with Crippen molar-refractivity contribution in [2.75, 3.05) is 40.9 Å². The van der Waals surface area contributed by atoms with Gasteiger partial charge in [-0.15, -0.1) is 0 Å². The topological polar surface area (TPSA) is 108 Å². The Morgan fingerprint density at radius 2 is 0.938 bits per heavy atom. The second-order valence-corrected chi connectivity index (χ2v) is 20.6. The molecule has 0 aliphatic heterocycles.